The van der Waals surface area contributed by atoms with E-state index in [4.69, 9.17) is 4.42 Å². The summed E-state index contributed by atoms with van der Waals surface area (Å²) in [4.78, 5) is 2.54. The molecule has 0 saturated carbocycles. The molecule has 2 atom stereocenters. The molecule has 0 aliphatic carbocycles. The average Bonchev–Trinajstić information content (AvgIpc) is 2.83. The second-order valence-electron chi connectivity index (χ2n) is 5.82. The summed E-state index contributed by atoms with van der Waals surface area (Å²) in [5.74, 6) is 1.81. The van der Waals surface area contributed by atoms with Crippen LogP contribution in [0, 0.1) is 5.92 Å². The Labute approximate surface area is 124 Å². The number of halogens is 1. The number of nitrogens with one attached hydrogen (secondary N) is 1. The molecule has 2 rings (SSSR count). The van der Waals surface area contributed by atoms with E-state index in [1.165, 1.54) is 19.4 Å². The Morgan fingerprint density at radius 3 is 2.74 bits per heavy atom. The molecule has 1 aromatic rings. The number of hydrogen-bond donors (Lipinski definition) is 1. The molecule has 1 fully saturated rings. The molecule has 1 aromatic heterocycles. The van der Waals surface area contributed by atoms with Crippen LogP contribution in [0.15, 0.2) is 21.2 Å². The maximum atomic E-state index is 5.72. The summed E-state index contributed by atoms with van der Waals surface area (Å²) >= 11 is 3.39. The van der Waals surface area contributed by atoms with E-state index in [-0.39, 0.29) is 0 Å². The van der Waals surface area contributed by atoms with Crippen molar-refractivity contribution < 1.29 is 4.42 Å². The summed E-state index contributed by atoms with van der Waals surface area (Å²) in [6.45, 7) is 10.2. The molecule has 3 nitrogen and oxygen atoms in total. The lowest BCUT2D eigenvalue weighted by molar-refractivity contribution is 0.113. The van der Waals surface area contributed by atoms with Gasteiger partial charge in [0.1, 0.15) is 5.76 Å². The Morgan fingerprint density at radius 2 is 2.21 bits per heavy atom. The highest BCUT2D eigenvalue weighted by Crippen LogP contribution is 2.28. The van der Waals surface area contributed by atoms with Gasteiger partial charge in [-0.2, -0.15) is 0 Å². The predicted octanol–water partition coefficient (Wildman–Crippen LogP) is 3.81. The van der Waals surface area contributed by atoms with Crippen molar-refractivity contribution >= 4 is 15.9 Å². The van der Waals surface area contributed by atoms with Crippen LogP contribution in [0.5, 0.6) is 0 Å². The van der Waals surface area contributed by atoms with Crippen LogP contribution in [-0.4, -0.2) is 30.6 Å². The average molecular weight is 329 g/mol. The van der Waals surface area contributed by atoms with Crippen LogP contribution in [0.1, 0.15) is 45.4 Å². The Hall–Kier alpha value is -0.320. The van der Waals surface area contributed by atoms with Crippen molar-refractivity contribution in [3.63, 3.8) is 0 Å². The van der Waals surface area contributed by atoms with Gasteiger partial charge in [-0.3, -0.25) is 4.90 Å². The predicted molar refractivity (Wildman–Crippen MR) is 82.3 cm³/mol. The van der Waals surface area contributed by atoms with E-state index in [2.05, 4.69) is 53.0 Å². The monoisotopic (exact) mass is 328 g/mol. The number of hydrogen-bond acceptors (Lipinski definition) is 3. The minimum absolute atomic E-state index is 0.327. The van der Waals surface area contributed by atoms with Crippen molar-refractivity contribution in [1.82, 2.24) is 10.2 Å². The number of rotatable bonds is 5. The first kappa shape index (κ1) is 15.1. The summed E-state index contributed by atoms with van der Waals surface area (Å²) in [5.41, 5.74) is 0. The van der Waals surface area contributed by atoms with Crippen molar-refractivity contribution in [3.05, 3.63) is 22.6 Å². The molecule has 2 unspecified atom stereocenters. The lowest BCUT2D eigenvalue weighted by Crippen LogP contribution is -2.42. The van der Waals surface area contributed by atoms with Gasteiger partial charge < -0.3 is 9.73 Å². The minimum Gasteiger partial charge on any atom is -0.453 e. The van der Waals surface area contributed by atoms with Crippen LogP contribution < -0.4 is 5.32 Å². The molecule has 1 N–H and O–H groups in total. The third-order valence-corrected chi connectivity index (χ3v) is 4.46. The van der Waals surface area contributed by atoms with Crippen LogP contribution in [0.3, 0.4) is 0 Å². The molecule has 1 aliphatic heterocycles. The van der Waals surface area contributed by atoms with Crippen molar-refractivity contribution in [2.24, 2.45) is 5.92 Å². The van der Waals surface area contributed by atoms with E-state index in [1.54, 1.807) is 0 Å². The molecule has 1 aliphatic rings. The molecule has 0 radical (unpaired) electrons. The summed E-state index contributed by atoms with van der Waals surface area (Å²) in [6, 6.07) is 4.91. The Kier molecular flexibility index (Phi) is 5.48. The third-order valence-electron chi connectivity index (χ3n) is 4.03. The molecular weight excluding hydrogens is 304 g/mol. The Morgan fingerprint density at radius 1 is 1.42 bits per heavy atom. The van der Waals surface area contributed by atoms with Crippen LogP contribution in [0.2, 0.25) is 0 Å². The van der Waals surface area contributed by atoms with Crippen LogP contribution in [-0.2, 0) is 0 Å². The smallest absolute Gasteiger partial charge is 0.169 e. The maximum Gasteiger partial charge on any atom is 0.169 e. The lowest BCUT2D eigenvalue weighted by atomic mass is 9.97. The Bertz CT molecular complexity index is 385. The molecule has 1 saturated heterocycles. The molecule has 0 aromatic carbocycles. The molecule has 0 bridgehead atoms. The van der Waals surface area contributed by atoms with Gasteiger partial charge in [0.05, 0.1) is 6.04 Å². The highest BCUT2D eigenvalue weighted by atomic mass is 79.9. The summed E-state index contributed by atoms with van der Waals surface area (Å²) < 4.78 is 6.54. The fourth-order valence-corrected chi connectivity index (χ4v) is 3.23. The van der Waals surface area contributed by atoms with Crippen molar-refractivity contribution in [3.8, 4) is 0 Å². The molecule has 19 heavy (non-hydrogen) atoms. The summed E-state index contributed by atoms with van der Waals surface area (Å²) in [7, 11) is 0. The van der Waals surface area contributed by atoms with Crippen molar-refractivity contribution in [2.45, 2.75) is 45.7 Å². The van der Waals surface area contributed by atoms with E-state index in [1.807, 2.05) is 6.07 Å². The molecular formula is C15H25BrN2O. The quantitative estimate of drug-likeness (QED) is 0.890. The first-order chi connectivity index (χ1) is 9.08. The molecule has 0 amide bonds. The van der Waals surface area contributed by atoms with Gasteiger partial charge in [-0.25, -0.2) is 0 Å². The minimum atomic E-state index is 0.327. The first-order valence-corrected chi connectivity index (χ1v) is 8.09. The highest BCUT2D eigenvalue weighted by molar-refractivity contribution is 9.10. The largest absolute Gasteiger partial charge is 0.453 e. The molecule has 108 valence electrons. The zero-order valence-electron chi connectivity index (χ0n) is 12.2. The SMILES string of the molecule is CC(C)N(CC1CCCNC1)C(C)c1ccc(Br)o1. The fourth-order valence-electron chi connectivity index (χ4n) is 2.91. The van der Waals surface area contributed by atoms with Gasteiger partial charge in [-0.05, 0) is 80.7 Å². The fraction of sp³-hybridized carbons (Fsp3) is 0.733. The van der Waals surface area contributed by atoms with Gasteiger partial charge in [-0.15, -0.1) is 0 Å². The maximum absolute atomic E-state index is 5.72. The van der Waals surface area contributed by atoms with Gasteiger partial charge in [-0.1, -0.05) is 0 Å². The van der Waals surface area contributed by atoms with E-state index in [0.29, 0.717) is 12.1 Å². The molecule has 0 spiro atoms. The zero-order chi connectivity index (χ0) is 13.8. The molecule has 4 heteroatoms. The molecule has 2 heterocycles. The van der Waals surface area contributed by atoms with Crippen molar-refractivity contribution in [1.29, 1.82) is 0 Å². The summed E-state index contributed by atoms with van der Waals surface area (Å²) in [6.07, 6.45) is 2.64. The lowest BCUT2D eigenvalue weighted by Gasteiger charge is -2.36. The van der Waals surface area contributed by atoms with E-state index >= 15 is 0 Å². The van der Waals surface area contributed by atoms with Crippen LogP contribution in [0.25, 0.3) is 0 Å². The second kappa shape index (κ2) is 6.91. The van der Waals surface area contributed by atoms with Crippen molar-refractivity contribution in [2.75, 3.05) is 19.6 Å². The topological polar surface area (TPSA) is 28.4 Å². The van der Waals surface area contributed by atoms with Gasteiger partial charge in [0.2, 0.25) is 0 Å². The zero-order valence-corrected chi connectivity index (χ0v) is 13.7. The standard InChI is InChI=1S/C15H25BrN2O/c1-11(2)18(10-13-5-4-8-17-9-13)12(3)14-6-7-15(16)19-14/h6-7,11-13,17H,4-5,8-10H2,1-3H3. The Balaban J connectivity index is 2.02. The third kappa shape index (κ3) is 4.07. The van der Waals surface area contributed by atoms with E-state index in [9.17, 15) is 0 Å². The van der Waals surface area contributed by atoms with Crippen LogP contribution >= 0.6 is 15.9 Å². The van der Waals surface area contributed by atoms with E-state index < -0.39 is 0 Å². The summed E-state index contributed by atoms with van der Waals surface area (Å²) in [5, 5.41) is 3.50. The van der Waals surface area contributed by atoms with E-state index in [0.717, 1.165) is 29.4 Å². The normalized spacial score (nSPS) is 22.1. The van der Waals surface area contributed by atoms with Crippen LogP contribution in [0.4, 0.5) is 0 Å². The van der Waals surface area contributed by atoms with Gasteiger partial charge >= 0.3 is 0 Å². The van der Waals surface area contributed by atoms with Gasteiger partial charge in [0, 0.05) is 12.6 Å². The first-order valence-electron chi connectivity index (χ1n) is 7.29. The second-order valence-corrected chi connectivity index (χ2v) is 6.60. The number of furan rings is 1. The number of piperidine rings is 1. The number of nitrogens with zero attached hydrogens (tertiary/aromatic N) is 1. The van der Waals surface area contributed by atoms with Gasteiger partial charge in [0.15, 0.2) is 4.67 Å². The highest BCUT2D eigenvalue weighted by Gasteiger charge is 2.25. The van der Waals surface area contributed by atoms with Gasteiger partial charge in [0.25, 0.3) is 0 Å².